The highest BCUT2D eigenvalue weighted by molar-refractivity contribution is 7.89. The van der Waals surface area contributed by atoms with Crippen LogP contribution in [0.5, 0.6) is 0 Å². The molecule has 2 N–H and O–H groups in total. The molecule has 1 unspecified atom stereocenters. The van der Waals surface area contributed by atoms with E-state index in [1.54, 1.807) is 13.0 Å². The van der Waals surface area contributed by atoms with Crippen molar-refractivity contribution in [3.05, 3.63) is 29.6 Å². The second kappa shape index (κ2) is 5.97. The maximum absolute atomic E-state index is 13.6. The molecule has 0 radical (unpaired) electrons. The van der Waals surface area contributed by atoms with Gasteiger partial charge < -0.3 is 5.32 Å². The molecule has 1 saturated heterocycles. The standard InChI is InChI=1S/C11H15FN2O2S.ClH/c1-8-3-2-4-10(12)11(8)17(15,16)14-9-5-6-13-7-9;/h2-4,9,13-14H,5-7H2,1H3;1H. The van der Waals surface area contributed by atoms with Crippen LogP contribution < -0.4 is 10.0 Å². The van der Waals surface area contributed by atoms with Gasteiger partial charge in [-0.15, -0.1) is 12.4 Å². The number of hydrogen-bond acceptors (Lipinski definition) is 3. The molecule has 7 heteroatoms. The molecule has 0 spiro atoms. The van der Waals surface area contributed by atoms with Crippen LogP contribution in [0.25, 0.3) is 0 Å². The topological polar surface area (TPSA) is 58.2 Å². The van der Waals surface area contributed by atoms with Crippen LogP contribution in [-0.4, -0.2) is 27.5 Å². The van der Waals surface area contributed by atoms with Crippen LogP contribution >= 0.6 is 12.4 Å². The summed E-state index contributed by atoms with van der Waals surface area (Å²) < 4.78 is 40.2. The molecular weight excluding hydrogens is 279 g/mol. The second-order valence-corrected chi connectivity index (χ2v) is 5.85. The van der Waals surface area contributed by atoms with E-state index in [9.17, 15) is 12.8 Å². The van der Waals surface area contributed by atoms with Crippen molar-refractivity contribution in [1.29, 1.82) is 0 Å². The molecule has 1 atom stereocenters. The fourth-order valence-electron chi connectivity index (χ4n) is 1.99. The molecule has 0 saturated carbocycles. The van der Waals surface area contributed by atoms with Crippen molar-refractivity contribution in [1.82, 2.24) is 10.0 Å². The highest BCUT2D eigenvalue weighted by Crippen LogP contribution is 2.19. The van der Waals surface area contributed by atoms with Crippen molar-refractivity contribution < 1.29 is 12.8 Å². The number of nitrogens with one attached hydrogen (secondary N) is 2. The van der Waals surface area contributed by atoms with E-state index in [-0.39, 0.29) is 23.3 Å². The van der Waals surface area contributed by atoms with Crippen molar-refractivity contribution >= 4 is 22.4 Å². The zero-order valence-electron chi connectivity index (χ0n) is 9.94. The Morgan fingerprint density at radius 2 is 2.17 bits per heavy atom. The average Bonchev–Trinajstić information content (AvgIpc) is 2.68. The molecule has 102 valence electrons. The number of aryl methyl sites for hydroxylation is 1. The summed E-state index contributed by atoms with van der Waals surface area (Å²) in [6.07, 6.45) is 0.729. The minimum atomic E-state index is -3.77. The number of hydrogen-bond donors (Lipinski definition) is 2. The van der Waals surface area contributed by atoms with E-state index in [1.807, 2.05) is 0 Å². The molecule has 1 aliphatic heterocycles. The van der Waals surface area contributed by atoms with Crippen molar-refractivity contribution in [3.8, 4) is 0 Å². The van der Waals surface area contributed by atoms with Gasteiger partial charge in [-0.3, -0.25) is 0 Å². The minimum Gasteiger partial charge on any atom is -0.315 e. The molecule has 2 rings (SSSR count). The Kier molecular flexibility index (Phi) is 5.10. The smallest absolute Gasteiger partial charge is 0.244 e. The minimum absolute atomic E-state index is 0. The van der Waals surface area contributed by atoms with Crippen LogP contribution in [0.1, 0.15) is 12.0 Å². The molecule has 0 amide bonds. The van der Waals surface area contributed by atoms with Crippen LogP contribution in [0, 0.1) is 12.7 Å². The van der Waals surface area contributed by atoms with Crippen molar-refractivity contribution in [2.75, 3.05) is 13.1 Å². The molecule has 0 bridgehead atoms. The lowest BCUT2D eigenvalue weighted by Crippen LogP contribution is -2.36. The van der Waals surface area contributed by atoms with Crippen molar-refractivity contribution in [2.45, 2.75) is 24.3 Å². The van der Waals surface area contributed by atoms with Gasteiger partial charge in [-0.25, -0.2) is 17.5 Å². The summed E-state index contributed by atoms with van der Waals surface area (Å²) in [7, 11) is -3.77. The number of sulfonamides is 1. The first-order valence-electron chi connectivity index (χ1n) is 5.49. The number of rotatable bonds is 3. The SMILES string of the molecule is Cc1cccc(F)c1S(=O)(=O)NC1CCNC1.Cl. The summed E-state index contributed by atoms with van der Waals surface area (Å²) in [6, 6.07) is 4.10. The van der Waals surface area contributed by atoms with Gasteiger partial charge in [0.15, 0.2) is 0 Å². The van der Waals surface area contributed by atoms with Crippen molar-refractivity contribution in [3.63, 3.8) is 0 Å². The van der Waals surface area contributed by atoms with Gasteiger partial charge in [-0.1, -0.05) is 12.1 Å². The largest absolute Gasteiger partial charge is 0.315 e. The van der Waals surface area contributed by atoms with Crippen LogP contribution in [0.2, 0.25) is 0 Å². The molecule has 0 aromatic heterocycles. The van der Waals surface area contributed by atoms with Crippen LogP contribution in [0.15, 0.2) is 23.1 Å². The van der Waals surface area contributed by atoms with Gasteiger partial charge in [0.25, 0.3) is 0 Å². The van der Waals surface area contributed by atoms with E-state index in [4.69, 9.17) is 0 Å². The summed E-state index contributed by atoms with van der Waals surface area (Å²) in [6.45, 7) is 2.96. The van der Waals surface area contributed by atoms with E-state index in [0.717, 1.165) is 19.0 Å². The molecule has 1 aliphatic rings. The van der Waals surface area contributed by atoms with E-state index in [0.29, 0.717) is 12.1 Å². The fourth-order valence-corrected chi connectivity index (χ4v) is 3.57. The summed E-state index contributed by atoms with van der Waals surface area (Å²) >= 11 is 0. The van der Waals surface area contributed by atoms with E-state index < -0.39 is 15.8 Å². The molecule has 1 aromatic carbocycles. The third-order valence-corrected chi connectivity index (χ3v) is 4.51. The third-order valence-electron chi connectivity index (χ3n) is 2.81. The Bertz CT molecular complexity index is 496. The summed E-state index contributed by atoms with van der Waals surface area (Å²) in [5, 5.41) is 3.05. The van der Waals surface area contributed by atoms with Gasteiger partial charge in [0.2, 0.25) is 10.0 Å². The van der Waals surface area contributed by atoms with Gasteiger partial charge in [0.05, 0.1) is 0 Å². The Morgan fingerprint density at radius 1 is 1.44 bits per heavy atom. The summed E-state index contributed by atoms with van der Waals surface area (Å²) in [5.74, 6) is -0.705. The monoisotopic (exact) mass is 294 g/mol. The van der Waals surface area contributed by atoms with Gasteiger partial charge in [0.1, 0.15) is 10.7 Å². The van der Waals surface area contributed by atoms with Crippen LogP contribution in [-0.2, 0) is 10.0 Å². The first-order valence-corrected chi connectivity index (χ1v) is 6.97. The number of halogens is 2. The van der Waals surface area contributed by atoms with Gasteiger partial charge in [0, 0.05) is 12.6 Å². The summed E-state index contributed by atoms with van der Waals surface area (Å²) in [4.78, 5) is -0.244. The molecular formula is C11H16ClFN2O2S. The maximum atomic E-state index is 13.6. The predicted octanol–water partition coefficient (Wildman–Crippen LogP) is 1.20. The molecule has 4 nitrogen and oxygen atoms in total. The van der Waals surface area contributed by atoms with Gasteiger partial charge >= 0.3 is 0 Å². The molecule has 1 heterocycles. The van der Waals surface area contributed by atoms with Crippen LogP contribution in [0.3, 0.4) is 0 Å². The lowest BCUT2D eigenvalue weighted by molar-refractivity contribution is 0.541. The zero-order valence-corrected chi connectivity index (χ0v) is 11.6. The normalized spacial score (nSPS) is 19.6. The molecule has 18 heavy (non-hydrogen) atoms. The Morgan fingerprint density at radius 3 is 2.72 bits per heavy atom. The average molecular weight is 295 g/mol. The molecule has 0 aliphatic carbocycles. The van der Waals surface area contributed by atoms with E-state index in [2.05, 4.69) is 10.0 Å². The lowest BCUT2D eigenvalue weighted by atomic mass is 10.2. The zero-order chi connectivity index (χ0) is 12.5. The van der Waals surface area contributed by atoms with Crippen LogP contribution in [0.4, 0.5) is 4.39 Å². The molecule has 1 fully saturated rings. The van der Waals surface area contributed by atoms with Gasteiger partial charge in [-0.05, 0) is 31.5 Å². The highest BCUT2D eigenvalue weighted by Gasteiger charge is 2.26. The Labute approximate surface area is 112 Å². The maximum Gasteiger partial charge on any atom is 0.244 e. The third kappa shape index (κ3) is 3.20. The lowest BCUT2D eigenvalue weighted by Gasteiger charge is -2.14. The van der Waals surface area contributed by atoms with Crippen molar-refractivity contribution in [2.24, 2.45) is 0 Å². The Hall–Kier alpha value is -0.690. The first kappa shape index (κ1) is 15.4. The Balaban J connectivity index is 0.00000162. The highest BCUT2D eigenvalue weighted by atomic mass is 35.5. The predicted molar refractivity (Wildman–Crippen MR) is 70.0 cm³/mol. The quantitative estimate of drug-likeness (QED) is 0.881. The fraction of sp³-hybridized carbons (Fsp3) is 0.455. The van der Waals surface area contributed by atoms with Gasteiger partial charge in [-0.2, -0.15) is 0 Å². The van der Waals surface area contributed by atoms with E-state index in [1.165, 1.54) is 6.07 Å². The summed E-state index contributed by atoms with van der Waals surface area (Å²) in [5.41, 5.74) is 0.420. The first-order chi connectivity index (χ1) is 8.00. The number of benzene rings is 1. The molecule has 1 aromatic rings. The van der Waals surface area contributed by atoms with E-state index >= 15 is 0 Å². The second-order valence-electron chi connectivity index (χ2n) is 4.20.